The van der Waals surface area contributed by atoms with Crippen molar-refractivity contribution in [2.24, 2.45) is 0 Å². The van der Waals surface area contributed by atoms with Gasteiger partial charge in [0, 0.05) is 13.0 Å². The van der Waals surface area contributed by atoms with Gasteiger partial charge in [-0.1, -0.05) is 0 Å². The van der Waals surface area contributed by atoms with Crippen molar-refractivity contribution >= 4 is 23.5 Å². The Balaban J connectivity index is 3.27. The molecule has 0 heterocycles. The number of carbonyl (C=O) groups excluding carboxylic acids is 2. The molecular formula is C6H10ClNO3. The van der Waals surface area contributed by atoms with Crippen LogP contribution in [0.5, 0.6) is 0 Å². The molecule has 1 N–H and O–H groups in total. The van der Waals surface area contributed by atoms with Crippen LogP contribution in [-0.2, 0) is 9.53 Å². The zero-order chi connectivity index (χ0) is 8.69. The van der Waals surface area contributed by atoms with E-state index in [1.807, 2.05) is 0 Å². The number of carbonyl (C=O) groups is 2. The third-order valence-electron chi connectivity index (χ3n) is 1.01. The van der Waals surface area contributed by atoms with Gasteiger partial charge in [-0.05, 0) is 0 Å². The van der Waals surface area contributed by atoms with E-state index >= 15 is 0 Å². The van der Waals surface area contributed by atoms with E-state index in [9.17, 15) is 9.59 Å². The molecule has 5 heteroatoms. The molecule has 0 bridgehead atoms. The fourth-order valence-corrected chi connectivity index (χ4v) is 0.577. The van der Waals surface area contributed by atoms with E-state index in [1.54, 1.807) is 0 Å². The Morgan fingerprint density at radius 1 is 1.55 bits per heavy atom. The van der Waals surface area contributed by atoms with Crippen molar-refractivity contribution in [1.82, 2.24) is 5.32 Å². The van der Waals surface area contributed by atoms with Gasteiger partial charge in [0.25, 0.3) is 0 Å². The molecule has 1 amide bonds. The molecule has 0 aromatic heterocycles. The Morgan fingerprint density at radius 2 is 2.18 bits per heavy atom. The predicted molar refractivity (Wildman–Crippen MR) is 40.8 cm³/mol. The monoisotopic (exact) mass is 179 g/mol. The first kappa shape index (κ1) is 10.2. The van der Waals surface area contributed by atoms with Gasteiger partial charge in [0.1, 0.15) is 5.78 Å². The molecule has 0 saturated heterocycles. The van der Waals surface area contributed by atoms with Crippen LogP contribution < -0.4 is 5.32 Å². The first-order valence-electron chi connectivity index (χ1n) is 3.10. The van der Waals surface area contributed by atoms with Crippen LogP contribution in [0.3, 0.4) is 0 Å². The number of methoxy groups -OCH3 is 1. The maximum atomic E-state index is 10.6. The van der Waals surface area contributed by atoms with E-state index in [4.69, 9.17) is 11.6 Å². The maximum absolute atomic E-state index is 10.6. The first-order chi connectivity index (χ1) is 5.20. The third kappa shape index (κ3) is 5.66. The summed E-state index contributed by atoms with van der Waals surface area (Å²) in [6.45, 7) is 0.276. The normalized spacial score (nSPS) is 8.91. The number of hydrogen-bond acceptors (Lipinski definition) is 3. The summed E-state index contributed by atoms with van der Waals surface area (Å²) >= 11 is 5.21. The molecule has 64 valence electrons. The van der Waals surface area contributed by atoms with Gasteiger partial charge in [0.05, 0.1) is 13.0 Å². The second-order valence-electron chi connectivity index (χ2n) is 1.84. The molecule has 0 aromatic rings. The zero-order valence-electron chi connectivity index (χ0n) is 6.22. The van der Waals surface area contributed by atoms with Gasteiger partial charge in [-0.3, -0.25) is 4.79 Å². The molecule has 0 rings (SSSR count). The second-order valence-corrected chi connectivity index (χ2v) is 2.11. The van der Waals surface area contributed by atoms with E-state index in [0.29, 0.717) is 0 Å². The van der Waals surface area contributed by atoms with Crippen LogP contribution in [-0.4, -0.2) is 31.4 Å². The summed E-state index contributed by atoms with van der Waals surface area (Å²) in [6, 6.07) is 0. The molecule has 0 spiro atoms. The molecular weight excluding hydrogens is 170 g/mol. The Bertz CT molecular complexity index is 133. The summed E-state index contributed by atoms with van der Waals surface area (Å²) in [5, 5.41) is 2.36. The van der Waals surface area contributed by atoms with Gasteiger partial charge in [0.2, 0.25) is 0 Å². The highest BCUT2D eigenvalue weighted by Crippen LogP contribution is 1.84. The van der Waals surface area contributed by atoms with E-state index in [-0.39, 0.29) is 24.6 Å². The third-order valence-corrected chi connectivity index (χ3v) is 1.31. The number of hydrogen-bond donors (Lipinski definition) is 1. The number of alkyl carbamates (subject to hydrolysis) is 1. The number of ether oxygens (including phenoxy) is 1. The number of alkyl halides is 1. The highest BCUT2D eigenvalue weighted by Gasteiger charge is 2.01. The smallest absolute Gasteiger partial charge is 0.406 e. The van der Waals surface area contributed by atoms with E-state index < -0.39 is 6.09 Å². The lowest BCUT2D eigenvalue weighted by atomic mass is 10.3. The standard InChI is InChI=1S/C6H10ClNO3/c1-11-6(10)8-3-2-5(9)4-7/h2-4H2,1H3,(H,8,10). The molecule has 0 radical (unpaired) electrons. The van der Waals surface area contributed by atoms with Crippen molar-refractivity contribution in [3.8, 4) is 0 Å². The average Bonchev–Trinajstić information content (AvgIpc) is 2.04. The first-order valence-corrected chi connectivity index (χ1v) is 3.63. The fraction of sp³-hybridized carbons (Fsp3) is 0.667. The average molecular weight is 180 g/mol. The predicted octanol–water partition coefficient (Wildman–Crippen LogP) is 0.540. The molecule has 0 atom stereocenters. The summed E-state index contributed by atoms with van der Waals surface area (Å²) < 4.78 is 4.27. The Kier molecular flexibility index (Phi) is 5.56. The van der Waals surface area contributed by atoms with Gasteiger partial charge < -0.3 is 10.1 Å². The number of halogens is 1. The molecule has 0 aromatic carbocycles. The summed E-state index contributed by atoms with van der Waals surface area (Å²) in [5.41, 5.74) is 0. The van der Waals surface area contributed by atoms with Crippen LogP contribution in [0.1, 0.15) is 6.42 Å². The molecule has 0 fully saturated rings. The van der Waals surface area contributed by atoms with Gasteiger partial charge >= 0.3 is 6.09 Å². The van der Waals surface area contributed by atoms with E-state index in [0.717, 1.165) is 0 Å². The highest BCUT2D eigenvalue weighted by atomic mass is 35.5. The summed E-state index contributed by atoms with van der Waals surface area (Å²) in [5.74, 6) is -0.105. The summed E-state index contributed by atoms with van der Waals surface area (Å²) in [6.07, 6.45) is -0.286. The number of ketones is 1. The Labute approximate surface area is 69.9 Å². The lowest BCUT2D eigenvalue weighted by molar-refractivity contribution is -0.116. The Hall–Kier alpha value is -0.770. The molecule has 0 aliphatic carbocycles. The topological polar surface area (TPSA) is 55.4 Å². The lowest BCUT2D eigenvalue weighted by Gasteiger charge is -2.00. The minimum atomic E-state index is -0.535. The number of Topliss-reactive ketones (excluding diaryl/α,β-unsaturated/α-hetero) is 1. The van der Waals surface area contributed by atoms with Crippen molar-refractivity contribution < 1.29 is 14.3 Å². The summed E-state index contributed by atoms with van der Waals surface area (Å²) in [7, 11) is 1.26. The van der Waals surface area contributed by atoms with Crippen LogP contribution in [0.25, 0.3) is 0 Å². The maximum Gasteiger partial charge on any atom is 0.406 e. The van der Waals surface area contributed by atoms with Crippen molar-refractivity contribution in [2.45, 2.75) is 6.42 Å². The van der Waals surface area contributed by atoms with E-state index in [1.165, 1.54) is 7.11 Å². The van der Waals surface area contributed by atoms with Crippen molar-refractivity contribution in [3.05, 3.63) is 0 Å². The van der Waals surface area contributed by atoms with Crippen molar-refractivity contribution in [3.63, 3.8) is 0 Å². The Morgan fingerprint density at radius 3 is 2.64 bits per heavy atom. The van der Waals surface area contributed by atoms with Crippen LogP contribution in [0.15, 0.2) is 0 Å². The van der Waals surface area contributed by atoms with Crippen LogP contribution in [0, 0.1) is 0 Å². The van der Waals surface area contributed by atoms with Crippen molar-refractivity contribution in [1.29, 1.82) is 0 Å². The quantitative estimate of drug-likeness (QED) is 0.641. The minimum absolute atomic E-state index is 0.0111. The molecule has 0 aliphatic heterocycles. The largest absolute Gasteiger partial charge is 0.453 e. The minimum Gasteiger partial charge on any atom is -0.453 e. The molecule has 0 unspecified atom stereocenters. The van der Waals surface area contributed by atoms with Gasteiger partial charge in [-0.15, -0.1) is 11.6 Å². The lowest BCUT2D eigenvalue weighted by Crippen LogP contribution is -2.25. The SMILES string of the molecule is COC(=O)NCCC(=O)CCl. The van der Waals surface area contributed by atoms with E-state index in [2.05, 4.69) is 10.1 Å². The van der Waals surface area contributed by atoms with Crippen molar-refractivity contribution in [2.75, 3.05) is 19.5 Å². The number of rotatable bonds is 4. The molecule has 11 heavy (non-hydrogen) atoms. The van der Waals surface area contributed by atoms with Gasteiger partial charge in [-0.25, -0.2) is 4.79 Å². The van der Waals surface area contributed by atoms with Crippen LogP contribution in [0.4, 0.5) is 4.79 Å². The molecule has 4 nitrogen and oxygen atoms in total. The molecule has 0 aliphatic rings. The fourth-order valence-electron chi connectivity index (χ4n) is 0.443. The van der Waals surface area contributed by atoms with Crippen LogP contribution in [0.2, 0.25) is 0 Å². The zero-order valence-corrected chi connectivity index (χ0v) is 6.98. The highest BCUT2D eigenvalue weighted by molar-refractivity contribution is 6.27. The van der Waals surface area contributed by atoms with Gasteiger partial charge in [-0.2, -0.15) is 0 Å². The number of amides is 1. The van der Waals surface area contributed by atoms with Gasteiger partial charge in [0.15, 0.2) is 0 Å². The van der Waals surface area contributed by atoms with Crippen LogP contribution >= 0.6 is 11.6 Å². The number of nitrogens with one attached hydrogen (secondary N) is 1. The second kappa shape index (κ2) is 5.97. The molecule has 0 saturated carbocycles. The summed E-state index contributed by atoms with van der Waals surface area (Å²) in [4.78, 5) is 21.0.